The quantitative estimate of drug-likeness (QED) is 0.650. The van der Waals surface area contributed by atoms with Gasteiger partial charge in [0.25, 0.3) is 0 Å². The zero-order chi connectivity index (χ0) is 13.7. The van der Waals surface area contributed by atoms with E-state index in [1.54, 1.807) is 6.92 Å². The number of hydrogen-bond donors (Lipinski definition) is 3. The molecule has 2 atom stereocenters. The molecule has 7 nitrogen and oxygen atoms in total. The van der Waals surface area contributed by atoms with Gasteiger partial charge >= 0.3 is 5.97 Å². The van der Waals surface area contributed by atoms with Crippen LogP contribution in [0.25, 0.3) is 0 Å². The van der Waals surface area contributed by atoms with Crippen LogP contribution in [0.5, 0.6) is 0 Å². The lowest BCUT2D eigenvalue weighted by Crippen LogP contribution is -2.24. The Morgan fingerprint density at radius 1 is 1.61 bits per heavy atom. The van der Waals surface area contributed by atoms with Crippen LogP contribution in [0.2, 0.25) is 5.15 Å². The molecule has 1 aromatic rings. The molecule has 0 saturated heterocycles. The number of aliphatic hydroxyl groups excluding tert-OH is 2. The lowest BCUT2D eigenvalue weighted by atomic mass is 10.1. The molecule has 0 spiro atoms. The number of nitrogens with two attached hydrogens (primary N) is 1. The summed E-state index contributed by atoms with van der Waals surface area (Å²) in [5, 5.41) is 19.3. The first kappa shape index (κ1) is 14.6. The predicted molar refractivity (Wildman–Crippen MR) is 63.7 cm³/mol. The summed E-state index contributed by atoms with van der Waals surface area (Å²) < 4.78 is 4.65. The van der Waals surface area contributed by atoms with Gasteiger partial charge in [0.1, 0.15) is 17.6 Å². The van der Waals surface area contributed by atoms with Crippen LogP contribution in [0.15, 0.2) is 6.20 Å². The van der Waals surface area contributed by atoms with Crippen LogP contribution in [0, 0.1) is 0 Å². The fraction of sp³-hybridized carbons (Fsp3) is 0.500. The number of nitrogen functional groups attached to an aromatic ring is 1. The van der Waals surface area contributed by atoms with Crippen LogP contribution in [0.3, 0.4) is 0 Å². The first-order valence-corrected chi connectivity index (χ1v) is 5.63. The normalized spacial score (nSPS) is 14.0. The smallest absolute Gasteiger partial charge is 0.308 e. The standard InChI is InChI=1S/C10H14ClN3O4/c1-2-18-7(16)3-5(15)9(17)8-10(11)14-6(12)4-13-8/h4-5,9,15,17H,2-3H2,1H3,(H2,12,14). The minimum atomic E-state index is -1.44. The van der Waals surface area contributed by atoms with E-state index in [1.807, 2.05) is 0 Å². The number of anilines is 1. The predicted octanol–water partition coefficient (Wildman–Crippen LogP) is 0.0597. The van der Waals surface area contributed by atoms with Crippen LogP contribution in [0.4, 0.5) is 5.82 Å². The summed E-state index contributed by atoms with van der Waals surface area (Å²) in [5.41, 5.74) is 5.31. The van der Waals surface area contributed by atoms with E-state index in [4.69, 9.17) is 17.3 Å². The minimum absolute atomic E-state index is 0.0392. The topological polar surface area (TPSA) is 119 Å². The average Bonchev–Trinajstić information content (AvgIpc) is 2.28. The molecule has 1 rings (SSSR count). The second-order valence-corrected chi connectivity index (χ2v) is 3.85. The summed E-state index contributed by atoms with van der Waals surface area (Å²) in [7, 11) is 0. The Hall–Kier alpha value is -1.44. The van der Waals surface area contributed by atoms with Crippen molar-refractivity contribution < 1.29 is 19.7 Å². The third-order valence-corrected chi connectivity index (χ3v) is 2.38. The molecule has 0 radical (unpaired) electrons. The maximum Gasteiger partial charge on any atom is 0.308 e. The van der Waals surface area contributed by atoms with Crippen molar-refractivity contribution >= 4 is 23.4 Å². The number of halogens is 1. The molecule has 4 N–H and O–H groups in total. The van der Waals surface area contributed by atoms with Crippen molar-refractivity contribution in [3.05, 3.63) is 17.0 Å². The van der Waals surface area contributed by atoms with Crippen LogP contribution in [0.1, 0.15) is 25.1 Å². The number of aromatic nitrogens is 2. The summed E-state index contributed by atoms with van der Waals surface area (Å²) in [6.07, 6.45) is -1.98. The third-order valence-electron chi connectivity index (χ3n) is 2.10. The first-order valence-electron chi connectivity index (χ1n) is 5.25. The monoisotopic (exact) mass is 275 g/mol. The lowest BCUT2D eigenvalue weighted by Gasteiger charge is -2.17. The molecule has 18 heavy (non-hydrogen) atoms. The van der Waals surface area contributed by atoms with Gasteiger partial charge in [-0.05, 0) is 6.92 Å². The molecule has 0 saturated carbocycles. The highest BCUT2D eigenvalue weighted by molar-refractivity contribution is 6.30. The molecule has 1 heterocycles. The number of hydrogen-bond acceptors (Lipinski definition) is 7. The fourth-order valence-electron chi connectivity index (χ4n) is 1.27. The summed E-state index contributed by atoms with van der Waals surface area (Å²) in [6, 6.07) is 0. The highest BCUT2D eigenvalue weighted by Crippen LogP contribution is 2.23. The molecule has 8 heteroatoms. The van der Waals surface area contributed by atoms with E-state index in [-0.39, 0.29) is 29.7 Å². The van der Waals surface area contributed by atoms with Gasteiger partial charge in [-0.1, -0.05) is 11.6 Å². The van der Waals surface area contributed by atoms with Gasteiger partial charge in [-0.2, -0.15) is 0 Å². The molecule has 2 unspecified atom stereocenters. The van der Waals surface area contributed by atoms with Crippen molar-refractivity contribution in [2.75, 3.05) is 12.3 Å². The first-order chi connectivity index (χ1) is 8.45. The van der Waals surface area contributed by atoms with Gasteiger partial charge in [-0.25, -0.2) is 4.98 Å². The van der Waals surface area contributed by atoms with E-state index in [0.29, 0.717) is 0 Å². The number of carbonyl (C=O) groups excluding carboxylic acids is 1. The van der Waals surface area contributed by atoms with Gasteiger partial charge < -0.3 is 20.7 Å². The van der Waals surface area contributed by atoms with E-state index in [2.05, 4.69) is 14.7 Å². The van der Waals surface area contributed by atoms with Crippen LogP contribution in [-0.4, -0.2) is 38.9 Å². The maximum atomic E-state index is 11.1. The zero-order valence-electron chi connectivity index (χ0n) is 9.71. The summed E-state index contributed by atoms with van der Waals surface area (Å²) in [4.78, 5) is 18.6. The van der Waals surface area contributed by atoms with E-state index in [9.17, 15) is 15.0 Å². The van der Waals surface area contributed by atoms with E-state index in [0.717, 1.165) is 0 Å². The highest BCUT2D eigenvalue weighted by atomic mass is 35.5. The Balaban J connectivity index is 2.73. The third kappa shape index (κ3) is 3.80. The van der Waals surface area contributed by atoms with Gasteiger partial charge in [0.2, 0.25) is 0 Å². The number of carbonyl (C=O) groups is 1. The number of aliphatic hydroxyl groups is 2. The molecule has 0 fully saturated rings. The number of esters is 1. The second-order valence-electron chi connectivity index (χ2n) is 3.49. The number of ether oxygens (including phenoxy) is 1. The van der Waals surface area contributed by atoms with Crippen LogP contribution >= 0.6 is 11.6 Å². The fourth-order valence-corrected chi connectivity index (χ4v) is 1.53. The molecule has 0 aliphatic carbocycles. The number of rotatable bonds is 5. The Morgan fingerprint density at radius 2 is 2.28 bits per heavy atom. The lowest BCUT2D eigenvalue weighted by molar-refractivity contribution is -0.147. The molecular formula is C10H14ClN3O4. The highest BCUT2D eigenvalue weighted by Gasteiger charge is 2.25. The molecule has 0 amide bonds. The summed E-state index contributed by atoms with van der Waals surface area (Å²) in [5.74, 6) is -0.528. The van der Waals surface area contributed by atoms with Crippen molar-refractivity contribution in [1.29, 1.82) is 0 Å². The second kappa shape index (κ2) is 6.48. The van der Waals surface area contributed by atoms with Crippen LogP contribution < -0.4 is 5.73 Å². The van der Waals surface area contributed by atoms with Gasteiger partial charge in [-0.15, -0.1) is 0 Å². The van der Waals surface area contributed by atoms with Gasteiger partial charge in [0, 0.05) is 0 Å². The van der Waals surface area contributed by atoms with Crippen molar-refractivity contribution in [3.63, 3.8) is 0 Å². The molecule has 0 aliphatic heterocycles. The molecular weight excluding hydrogens is 262 g/mol. The maximum absolute atomic E-state index is 11.1. The molecule has 0 aliphatic rings. The Kier molecular flexibility index (Phi) is 5.26. The SMILES string of the molecule is CCOC(=O)CC(O)C(O)c1ncc(N)nc1Cl. The van der Waals surface area contributed by atoms with Gasteiger partial charge in [0.05, 0.1) is 25.3 Å². The van der Waals surface area contributed by atoms with Crippen molar-refractivity contribution in [2.45, 2.75) is 25.6 Å². The number of nitrogens with zero attached hydrogens (tertiary/aromatic N) is 2. The molecule has 0 aromatic carbocycles. The summed E-state index contributed by atoms with van der Waals surface area (Å²) >= 11 is 5.73. The van der Waals surface area contributed by atoms with Crippen molar-refractivity contribution in [1.82, 2.24) is 9.97 Å². The van der Waals surface area contributed by atoms with E-state index in [1.165, 1.54) is 6.20 Å². The molecule has 0 bridgehead atoms. The average molecular weight is 276 g/mol. The zero-order valence-corrected chi connectivity index (χ0v) is 10.5. The summed E-state index contributed by atoms with van der Waals surface area (Å²) in [6.45, 7) is 1.84. The van der Waals surface area contributed by atoms with E-state index >= 15 is 0 Å². The Bertz CT molecular complexity index is 430. The van der Waals surface area contributed by atoms with Gasteiger partial charge in [-0.3, -0.25) is 9.78 Å². The largest absolute Gasteiger partial charge is 0.466 e. The van der Waals surface area contributed by atoms with E-state index < -0.39 is 18.2 Å². The van der Waals surface area contributed by atoms with Crippen molar-refractivity contribution in [2.24, 2.45) is 0 Å². The van der Waals surface area contributed by atoms with Gasteiger partial charge in [0.15, 0.2) is 5.15 Å². The van der Waals surface area contributed by atoms with Crippen LogP contribution in [-0.2, 0) is 9.53 Å². The minimum Gasteiger partial charge on any atom is -0.466 e. The molecule has 1 aromatic heterocycles. The Morgan fingerprint density at radius 3 is 2.83 bits per heavy atom. The Labute approximate surface area is 109 Å². The van der Waals surface area contributed by atoms with Crippen molar-refractivity contribution in [3.8, 4) is 0 Å². The molecule has 100 valence electrons.